The molecule has 6 rings (SSSR count). The van der Waals surface area contributed by atoms with Crippen molar-refractivity contribution in [3.05, 3.63) is 167 Å². The van der Waals surface area contributed by atoms with Crippen LogP contribution in [0.25, 0.3) is 0 Å². The average Bonchev–Trinajstić information content (AvgIpc) is 3.12. The molecule has 51 heavy (non-hydrogen) atoms. The van der Waals surface area contributed by atoms with E-state index in [4.69, 9.17) is 9.47 Å². The van der Waals surface area contributed by atoms with Gasteiger partial charge < -0.3 is 20.1 Å². The normalized spacial score (nSPS) is 11.1. The van der Waals surface area contributed by atoms with E-state index in [0.29, 0.717) is 45.5 Å². The SMILES string of the molecule is Cc1ccc(C(=O)Nc2ccc(Oc3ccc(S(=O)(=O)c4ccc(Oc5ccc(NC(=O)c6ccc(C)c(C)c6)cc5)cc4)cc3)cc2)cc1C. The second-order valence-electron chi connectivity index (χ2n) is 12.2. The fourth-order valence-electron chi connectivity index (χ4n) is 5.17. The van der Waals surface area contributed by atoms with Crippen LogP contribution >= 0.6 is 0 Å². The third kappa shape index (κ3) is 8.34. The lowest BCUT2D eigenvalue weighted by Crippen LogP contribution is -2.12. The van der Waals surface area contributed by atoms with Crippen LogP contribution < -0.4 is 20.1 Å². The summed E-state index contributed by atoms with van der Waals surface area (Å²) in [6.07, 6.45) is 0. The Morgan fingerprint density at radius 2 is 0.745 bits per heavy atom. The summed E-state index contributed by atoms with van der Waals surface area (Å²) >= 11 is 0. The summed E-state index contributed by atoms with van der Waals surface area (Å²) in [5.74, 6) is 1.58. The molecule has 0 unspecified atom stereocenters. The molecule has 2 amide bonds. The number of hydrogen-bond acceptors (Lipinski definition) is 6. The van der Waals surface area contributed by atoms with Crippen molar-refractivity contribution in [2.24, 2.45) is 0 Å². The molecule has 0 saturated carbocycles. The van der Waals surface area contributed by atoms with Crippen LogP contribution in [0.2, 0.25) is 0 Å². The summed E-state index contributed by atoms with van der Waals surface area (Å²) in [5, 5.41) is 5.77. The number of carbonyl (C=O) groups is 2. The first-order valence-electron chi connectivity index (χ1n) is 16.2. The number of carbonyl (C=O) groups excluding carboxylic acids is 2. The predicted octanol–water partition coefficient (Wildman–Crippen LogP) is 9.84. The molecule has 9 heteroatoms. The first-order chi connectivity index (χ1) is 24.4. The van der Waals surface area contributed by atoms with Gasteiger partial charge in [-0.1, -0.05) is 12.1 Å². The molecule has 0 fully saturated rings. The highest BCUT2D eigenvalue weighted by Crippen LogP contribution is 2.29. The zero-order valence-corrected chi connectivity index (χ0v) is 29.4. The molecule has 0 aliphatic rings. The Labute approximate surface area is 297 Å². The molecular weight excluding hydrogens is 661 g/mol. The molecule has 256 valence electrons. The molecular formula is C42H36N2O6S. The van der Waals surface area contributed by atoms with Gasteiger partial charge in [0.2, 0.25) is 9.84 Å². The van der Waals surface area contributed by atoms with Crippen molar-refractivity contribution >= 4 is 33.0 Å². The van der Waals surface area contributed by atoms with Gasteiger partial charge in [0.05, 0.1) is 9.79 Å². The standard InChI is InChI=1S/C42H36N2O6S/c1-27-5-7-31(25-29(27)3)41(45)43-33-9-13-35(14-10-33)49-37-17-21-39(22-18-37)51(47,48)40-23-19-38(20-24-40)50-36-15-11-34(12-16-36)44-42(46)32-8-6-28(2)30(4)26-32/h5-26H,1-4H3,(H,43,45)(H,44,46). The number of aryl methyl sites for hydroxylation is 4. The lowest BCUT2D eigenvalue weighted by atomic mass is 10.1. The van der Waals surface area contributed by atoms with Crippen LogP contribution in [0.15, 0.2) is 143 Å². The summed E-state index contributed by atoms with van der Waals surface area (Å²) in [6, 6.07) is 37.3. The van der Waals surface area contributed by atoms with Gasteiger partial charge in [-0.3, -0.25) is 9.59 Å². The smallest absolute Gasteiger partial charge is 0.255 e. The Balaban J connectivity index is 1.03. The van der Waals surface area contributed by atoms with E-state index in [1.54, 1.807) is 84.9 Å². The van der Waals surface area contributed by atoms with E-state index in [9.17, 15) is 18.0 Å². The molecule has 2 N–H and O–H groups in total. The molecule has 0 bridgehead atoms. The monoisotopic (exact) mass is 696 g/mol. The molecule has 0 saturated heterocycles. The topological polar surface area (TPSA) is 111 Å². The van der Waals surface area contributed by atoms with Crippen LogP contribution in [-0.2, 0) is 9.84 Å². The second kappa shape index (κ2) is 14.7. The second-order valence-corrected chi connectivity index (χ2v) is 14.2. The highest BCUT2D eigenvalue weighted by Gasteiger charge is 2.18. The molecule has 6 aromatic carbocycles. The van der Waals surface area contributed by atoms with E-state index >= 15 is 0 Å². The number of rotatable bonds is 10. The van der Waals surface area contributed by atoms with Crippen molar-refractivity contribution in [2.75, 3.05) is 10.6 Å². The Morgan fingerprint density at radius 1 is 0.431 bits per heavy atom. The minimum absolute atomic E-state index is 0.117. The minimum Gasteiger partial charge on any atom is -0.457 e. The highest BCUT2D eigenvalue weighted by molar-refractivity contribution is 7.91. The van der Waals surface area contributed by atoms with E-state index in [-0.39, 0.29) is 21.6 Å². The van der Waals surface area contributed by atoms with Crippen molar-refractivity contribution in [1.29, 1.82) is 0 Å². The average molecular weight is 697 g/mol. The van der Waals surface area contributed by atoms with Gasteiger partial charge in [-0.25, -0.2) is 8.42 Å². The molecule has 0 aliphatic heterocycles. The van der Waals surface area contributed by atoms with Crippen molar-refractivity contribution in [3.8, 4) is 23.0 Å². The number of sulfone groups is 1. The van der Waals surface area contributed by atoms with Gasteiger partial charge in [0.1, 0.15) is 23.0 Å². The van der Waals surface area contributed by atoms with Gasteiger partial charge in [-0.2, -0.15) is 0 Å². The molecule has 0 aliphatic carbocycles. The maximum atomic E-state index is 13.3. The van der Waals surface area contributed by atoms with Gasteiger partial charge >= 0.3 is 0 Å². The number of benzene rings is 6. The lowest BCUT2D eigenvalue weighted by Gasteiger charge is -2.11. The highest BCUT2D eigenvalue weighted by atomic mass is 32.2. The van der Waals surface area contributed by atoms with Crippen LogP contribution in [0, 0.1) is 27.7 Å². The van der Waals surface area contributed by atoms with Crippen LogP contribution in [0.1, 0.15) is 43.0 Å². The fraction of sp³-hybridized carbons (Fsp3) is 0.0952. The summed E-state index contributed by atoms with van der Waals surface area (Å²) in [5.41, 5.74) is 6.74. The van der Waals surface area contributed by atoms with Crippen molar-refractivity contribution < 1.29 is 27.5 Å². The Bertz CT molecular complexity index is 2160. The molecule has 0 atom stereocenters. The molecule has 8 nitrogen and oxygen atoms in total. The largest absolute Gasteiger partial charge is 0.457 e. The summed E-state index contributed by atoms with van der Waals surface area (Å²) in [6.45, 7) is 7.93. The van der Waals surface area contributed by atoms with Gasteiger partial charge in [-0.15, -0.1) is 0 Å². The minimum atomic E-state index is -3.80. The lowest BCUT2D eigenvalue weighted by molar-refractivity contribution is 0.101. The van der Waals surface area contributed by atoms with Crippen molar-refractivity contribution in [3.63, 3.8) is 0 Å². The third-order valence-electron chi connectivity index (χ3n) is 8.50. The molecule has 0 radical (unpaired) electrons. The Kier molecular flexibility index (Phi) is 10.0. The number of anilines is 2. The van der Waals surface area contributed by atoms with Crippen LogP contribution in [-0.4, -0.2) is 20.2 Å². The van der Waals surface area contributed by atoms with E-state index < -0.39 is 9.84 Å². The van der Waals surface area contributed by atoms with Gasteiger partial charge in [0.25, 0.3) is 11.8 Å². The summed E-state index contributed by atoms with van der Waals surface area (Å²) < 4.78 is 38.5. The van der Waals surface area contributed by atoms with Crippen LogP contribution in [0.5, 0.6) is 23.0 Å². The number of amides is 2. The summed E-state index contributed by atoms with van der Waals surface area (Å²) in [4.78, 5) is 25.5. The number of hydrogen-bond donors (Lipinski definition) is 2. The first kappa shape index (κ1) is 34.7. The van der Waals surface area contributed by atoms with E-state index in [0.717, 1.165) is 22.3 Å². The van der Waals surface area contributed by atoms with Gasteiger partial charge in [-0.05, 0) is 171 Å². The summed E-state index contributed by atoms with van der Waals surface area (Å²) in [7, 11) is -3.80. The van der Waals surface area contributed by atoms with E-state index in [2.05, 4.69) is 10.6 Å². The van der Waals surface area contributed by atoms with Crippen LogP contribution in [0.4, 0.5) is 11.4 Å². The molecule has 0 spiro atoms. The molecule has 0 heterocycles. The number of ether oxygens (including phenoxy) is 2. The Morgan fingerprint density at radius 3 is 1.06 bits per heavy atom. The third-order valence-corrected chi connectivity index (χ3v) is 10.3. The van der Waals surface area contributed by atoms with Crippen molar-refractivity contribution in [2.45, 2.75) is 37.5 Å². The van der Waals surface area contributed by atoms with Gasteiger partial charge in [0, 0.05) is 22.5 Å². The van der Waals surface area contributed by atoms with Crippen LogP contribution in [0.3, 0.4) is 0 Å². The predicted molar refractivity (Wildman–Crippen MR) is 199 cm³/mol. The zero-order chi connectivity index (χ0) is 36.1. The zero-order valence-electron chi connectivity index (χ0n) is 28.6. The quantitative estimate of drug-likeness (QED) is 0.148. The van der Waals surface area contributed by atoms with Crippen molar-refractivity contribution in [1.82, 2.24) is 0 Å². The van der Waals surface area contributed by atoms with E-state index in [1.807, 2.05) is 52.0 Å². The molecule has 6 aromatic rings. The van der Waals surface area contributed by atoms with Gasteiger partial charge in [0.15, 0.2) is 0 Å². The Hall–Kier alpha value is -6.19. The first-order valence-corrected chi connectivity index (χ1v) is 17.7. The number of nitrogens with one attached hydrogen (secondary N) is 2. The fourth-order valence-corrected chi connectivity index (χ4v) is 6.43. The van der Waals surface area contributed by atoms with E-state index in [1.165, 1.54) is 24.3 Å². The molecule has 0 aromatic heterocycles. The maximum Gasteiger partial charge on any atom is 0.255 e. The maximum absolute atomic E-state index is 13.3.